The van der Waals surface area contributed by atoms with Crippen LogP contribution in [0, 0.1) is 17.8 Å². The van der Waals surface area contributed by atoms with E-state index in [4.69, 9.17) is 17.0 Å². The topological polar surface area (TPSA) is 38.3 Å². The quantitative estimate of drug-likeness (QED) is 0.633. The lowest BCUT2D eigenvalue weighted by atomic mass is 9.53. The third-order valence-electron chi connectivity index (χ3n) is 5.09. The molecule has 0 aromatic rings. The van der Waals surface area contributed by atoms with Gasteiger partial charge >= 0.3 is 6.09 Å². The molecule has 4 heteroatoms. The van der Waals surface area contributed by atoms with Crippen LogP contribution in [0.4, 0.5) is 4.79 Å². The van der Waals surface area contributed by atoms with Gasteiger partial charge in [0.1, 0.15) is 0 Å². The fourth-order valence-electron chi connectivity index (χ4n) is 4.46. The number of rotatable bonds is 4. The second kappa shape index (κ2) is 5.04. The molecule has 1 N–H and O–H groups in total. The van der Waals surface area contributed by atoms with Crippen molar-refractivity contribution in [3.05, 3.63) is 0 Å². The Kier molecular flexibility index (Phi) is 3.54. The predicted molar refractivity (Wildman–Crippen MR) is 78.3 cm³/mol. The van der Waals surface area contributed by atoms with Crippen molar-refractivity contribution in [1.29, 1.82) is 0 Å². The Morgan fingerprint density at radius 2 is 2.05 bits per heavy atom. The Hall–Kier alpha value is -0.640. The molecule has 4 fully saturated rings. The first-order valence-electron chi connectivity index (χ1n) is 7.60. The molecule has 1 amide bonds. The van der Waals surface area contributed by atoms with E-state index in [-0.39, 0.29) is 11.6 Å². The van der Waals surface area contributed by atoms with Crippen molar-refractivity contribution in [2.24, 2.45) is 17.8 Å². The summed E-state index contributed by atoms with van der Waals surface area (Å²) in [7, 11) is 0. The lowest BCUT2D eigenvalue weighted by Gasteiger charge is -2.56. The van der Waals surface area contributed by atoms with Crippen molar-refractivity contribution in [2.75, 3.05) is 6.61 Å². The molecule has 106 valence electrons. The van der Waals surface area contributed by atoms with Gasteiger partial charge in [-0.2, -0.15) is 0 Å². The van der Waals surface area contributed by atoms with Crippen molar-refractivity contribution >= 4 is 23.2 Å². The second-order valence-corrected chi connectivity index (χ2v) is 7.11. The van der Waals surface area contributed by atoms with Crippen LogP contribution in [-0.2, 0) is 4.74 Å². The molecule has 4 bridgehead atoms. The van der Waals surface area contributed by atoms with E-state index in [9.17, 15) is 4.79 Å². The molecule has 0 radical (unpaired) electrons. The summed E-state index contributed by atoms with van der Waals surface area (Å²) in [5.74, 6) is 1.90. The SMILES string of the molecule is CCCCOC(=O)NC12CC3CC(C1)C(=S)C(C3)C2. The number of ether oxygens (including phenoxy) is 1. The molecule has 19 heavy (non-hydrogen) atoms. The lowest BCUT2D eigenvalue weighted by molar-refractivity contribution is 0.0478. The summed E-state index contributed by atoms with van der Waals surface area (Å²) in [6, 6.07) is 0. The van der Waals surface area contributed by atoms with Gasteiger partial charge in [-0.15, -0.1) is 0 Å². The van der Waals surface area contributed by atoms with E-state index in [1.165, 1.54) is 17.7 Å². The van der Waals surface area contributed by atoms with E-state index < -0.39 is 0 Å². The predicted octanol–water partition coefficient (Wildman–Crippen LogP) is 3.46. The zero-order valence-corrected chi connectivity index (χ0v) is 12.4. The first-order chi connectivity index (χ1) is 9.12. The third kappa shape index (κ3) is 2.51. The molecule has 0 aromatic heterocycles. The highest BCUT2D eigenvalue weighted by molar-refractivity contribution is 7.80. The molecule has 0 aromatic carbocycles. The van der Waals surface area contributed by atoms with Crippen LogP contribution < -0.4 is 5.32 Å². The molecule has 4 saturated carbocycles. The van der Waals surface area contributed by atoms with Gasteiger partial charge in [-0.3, -0.25) is 0 Å². The van der Waals surface area contributed by atoms with Crippen LogP contribution in [0.5, 0.6) is 0 Å². The molecule has 0 saturated heterocycles. The maximum Gasteiger partial charge on any atom is 0.407 e. The number of amides is 1. The largest absolute Gasteiger partial charge is 0.450 e. The summed E-state index contributed by atoms with van der Waals surface area (Å²) in [5, 5.41) is 3.18. The van der Waals surface area contributed by atoms with Gasteiger partial charge < -0.3 is 10.1 Å². The van der Waals surface area contributed by atoms with Gasteiger partial charge in [-0.05, 0) is 61.1 Å². The van der Waals surface area contributed by atoms with Crippen LogP contribution in [-0.4, -0.2) is 23.1 Å². The van der Waals surface area contributed by atoms with Crippen LogP contribution >= 0.6 is 12.2 Å². The summed E-state index contributed by atoms with van der Waals surface area (Å²) in [4.78, 5) is 13.2. The van der Waals surface area contributed by atoms with Gasteiger partial charge in [0.2, 0.25) is 0 Å². The Labute approximate surface area is 120 Å². The zero-order chi connectivity index (χ0) is 13.5. The highest BCUT2D eigenvalue weighted by Gasteiger charge is 2.54. The van der Waals surface area contributed by atoms with E-state index >= 15 is 0 Å². The van der Waals surface area contributed by atoms with Crippen LogP contribution in [0.25, 0.3) is 0 Å². The van der Waals surface area contributed by atoms with Crippen LogP contribution in [0.3, 0.4) is 0 Å². The zero-order valence-electron chi connectivity index (χ0n) is 11.6. The minimum Gasteiger partial charge on any atom is -0.450 e. The molecule has 4 aliphatic carbocycles. The minimum atomic E-state index is -0.221. The summed E-state index contributed by atoms with van der Waals surface area (Å²) in [6.07, 6.45) is 7.50. The maximum absolute atomic E-state index is 11.9. The average molecular weight is 281 g/mol. The Balaban J connectivity index is 1.61. The first-order valence-corrected chi connectivity index (χ1v) is 8.01. The van der Waals surface area contributed by atoms with Gasteiger partial charge in [-0.25, -0.2) is 4.79 Å². The Morgan fingerprint density at radius 1 is 1.37 bits per heavy atom. The molecule has 0 spiro atoms. The summed E-state index contributed by atoms with van der Waals surface area (Å²) < 4.78 is 5.27. The van der Waals surface area contributed by atoms with E-state index in [0.717, 1.165) is 38.0 Å². The number of thiocarbonyl (C=S) groups is 1. The van der Waals surface area contributed by atoms with Gasteiger partial charge in [0, 0.05) is 5.54 Å². The molecular weight excluding hydrogens is 258 g/mol. The Bertz CT molecular complexity index is 378. The number of nitrogens with one attached hydrogen (secondary N) is 1. The molecule has 2 unspecified atom stereocenters. The van der Waals surface area contributed by atoms with Gasteiger partial charge in [-0.1, -0.05) is 25.6 Å². The smallest absolute Gasteiger partial charge is 0.407 e. The molecule has 0 heterocycles. The fraction of sp³-hybridized carbons (Fsp3) is 0.867. The van der Waals surface area contributed by atoms with Crippen LogP contribution in [0.2, 0.25) is 0 Å². The lowest BCUT2D eigenvalue weighted by Crippen LogP contribution is -2.62. The summed E-state index contributed by atoms with van der Waals surface area (Å²) in [6.45, 7) is 2.63. The number of carbonyl (C=O) groups is 1. The number of unbranched alkanes of at least 4 members (excludes halogenated alkanes) is 1. The summed E-state index contributed by atoms with van der Waals surface area (Å²) >= 11 is 5.58. The maximum atomic E-state index is 11.9. The standard InChI is InChI=1S/C15H23NO2S/c1-2-3-4-18-14(17)16-15-7-10-5-11(8-15)13(19)12(6-10)9-15/h10-12H,2-9H2,1H3,(H,16,17). The van der Waals surface area contributed by atoms with Gasteiger partial charge in [0.15, 0.2) is 0 Å². The highest BCUT2D eigenvalue weighted by atomic mass is 32.1. The number of hydrogen-bond donors (Lipinski definition) is 1. The molecular formula is C15H23NO2S. The molecule has 4 rings (SSSR count). The van der Waals surface area contributed by atoms with Crippen LogP contribution in [0.1, 0.15) is 51.9 Å². The van der Waals surface area contributed by atoms with Gasteiger partial charge in [0.05, 0.1) is 6.61 Å². The normalized spacial score (nSPS) is 39.4. The summed E-state index contributed by atoms with van der Waals surface area (Å²) in [5.41, 5.74) is -0.0118. The fourth-order valence-corrected chi connectivity index (χ4v) is 4.82. The molecule has 2 atom stereocenters. The van der Waals surface area contributed by atoms with Crippen LogP contribution in [0.15, 0.2) is 0 Å². The number of alkyl carbamates (subject to hydrolysis) is 1. The van der Waals surface area contributed by atoms with E-state index in [1.807, 2.05) is 0 Å². The second-order valence-electron chi connectivity index (χ2n) is 6.64. The monoisotopic (exact) mass is 281 g/mol. The average Bonchev–Trinajstić information content (AvgIpc) is 2.34. The van der Waals surface area contributed by atoms with Crippen molar-refractivity contribution in [3.63, 3.8) is 0 Å². The van der Waals surface area contributed by atoms with Crippen molar-refractivity contribution in [3.8, 4) is 0 Å². The first kappa shape index (κ1) is 13.3. The third-order valence-corrected chi connectivity index (χ3v) is 5.76. The minimum absolute atomic E-state index is 0.0118. The van der Waals surface area contributed by atoms with Crippen molar-refractivity contribution in [1.82, 2.24) is 5.32 Å². The molecule has 4 aliphatic rings. The highest BCUT2D eigenvalue weighted by Crippen LogP contribution is 2.54. The molecule has 0 aliphatic heterocycles. The van der Waals surface area contributed by atoms with E-state index in [2.05, 4.69) is 12.2 Å². The molecule has 3 nitrogen and oxygen atoms in total. The number of hydrogen-bond acceptors (Lipinski definition) is 3. The van der Waals surface area contributed by atoms with E-state index in [0.29, 0.717) is 18.4 Å². The van der Waals surface area contributed by atoms with Crippen molar-refractivity contribution < 1.29 is 9.53 Å². The Morgan fingerprint density at radius 3 is 2.68 bits per heavy atom. The van der Waals surface area contributed by atoms with Crippen molar-refractivity contribution in [2.45, 2.75) is 57.4 Å². The number of carbonyl (C=O) groups excluding carboxylic acids is 1. The van der Waals surface area contributed by atoms with E-state index in [1.54, 1.807) is 0 Å². The van der Waals surface area contributed by atoms with Gasteiger partial charge in [0.25, 0.3) is 0 Å².